The van der Waals surface area contributed by atoms with E-state index in [4.69, 9.17) is 4.74 Å². The molecule has 0 N–H and O–H groups in total. The number of carbonyl (C=O) groups excluding carboxylic acids is 1. The van der Waals surface area contributed by atoms with Crippen LogP contribution >= 0.6 is 0 Å². The predicted molar refractivity (Wildman–Crippen MR) is 92.9 cm³/mol. The highest BCUT2D eigenvalue weighted by Crippen LogP contribution is 2.16. The van der Waals surface area contributed by atoms with E-state index in [9.17, 15) is 4.79 Å². The summed E-state index contributed by atoms with van der Waals surface area (Å²) in [4.78, 5) is 23.3. The molecule has 7 heteroatoms. The van der Waals surface area contributed by atoms with E-state index in [0.717, 1.165) is 37.2 Å². The van der Waals surface area contributed by atoms with Crippen LogP contribution in [0.25, 0.3) is 0 Å². The lowest BCUT2D eigenvalue weighted by atomic mass is 10.1. The predicted octanol–water partition coefficient (Wildman–Crippen LogP) is 1.62. The standard InChI is InChI=1S/C18H25N5O2/c1-15-17(20-9-8-19-15)6-5-16-14-25-13-12-23(16)18(24)4-2-10-22-11-3-7-21-22/h3,7-9,11,16H,2,4-6,10,12-14H2,1H3. The molecular formula is C18H25N5O2. The van der Waals surface area contributed by atoms with Crippen LogP contribution < -0.4 is 0 Å². The van der Waals surface area contributed by atoms with Crippen molar-refractivity contribution in [2.24, 2.45) is 0 Å². The highest BCUT2D eigenvalue weighted by molar-refractivity contribution is 5.76. The number of aryl methyl sites for hydroxylation is 3. The Morgan fingerprint density at radius 2 is 2.20 bits per heavy atom. The average Bonchev–Trinajstić information content (AvgIpc) is 3.15. The normalized spacial score (nSPS) is 17.6. The van der Waals surface area contributed by atoms with Crippen LogP contribution in [-0.4, -0.2) is 56.4 Å². The summed E-state index contributed by atoms with van der Waals surface area (Å²) in [6, 6.07) is 2.02. The Hall–Kier alpha value is -2.28. The highest BCUT2D eigenvalue weighted by atomic mass is 16.5. The second-order valence-corrected chi connectivity index (χ2v) is 6.32. The number of rotatable bonds is 7. The molecule has 1 fully saturated rings. The Kier molecular flexibility index (Phi) is 6.11. The fraction of sp³-hybridized carbons (Fsp3) is 0.556. The Balaban J connectivity index is 1.51. The number of aromatic nitrogens is 4. The van der Waals surface area contributed by atoms with Gasteiger partial charge in [0.2, 0.25) is 5.91 Å². The Bertz CT molecular complexity index is 674. The van der Waals surface area contributed by atoms with E-state index in [-0.39, 0.29) is 11.9 Å². The van der Waals surface area contributed by atoms with E-state index in [2.05, 4.69) is 15.1 Å². The third-order valence-electron chi connectivity index (χ3n) is 4.58. The number of morpholine rings is 1. The van der Waals surface area contributed by atoms with Crippen LogP contribution in [0, 0.1) is 6.92 Å². The average molecular weight is 343 g/mol. The Morgan fingerprint density at radius 1 is 1.32 bits per heavy atom. The zero-order chi connectivity index (χ0) is 17.5. The van der Waals surface area contributed by atoms with Gasteiger partial charge in [-0.3, -0.25) is 19.4 Å². The summed E-state index contributed by atoms with van der Waals surface area (Å²) in [6.45, 7) is 4.63. The molecule has 2 aromatic rings. The van der Waals surface area contributed by atoms with Gasteiger partial charge in [0.25, 0.3) is 0 Å². The maximum Gasteiger partial charge on any atom is 0.223 e. The first-order valence-electron chi connectivity index (χ1n) is 8.85. The summed E-state index contributed by atoms with van der Waals surface area (Å²) >= 11 is 0. The van der Waals surface area contributed by atoms with Crippen molar-refractivity contribution in [2.45, 2.75) is 45.2 Å². The first-order valence-corrected chi connectivity index (χ1v) is 8.85. The van der Waals surface area contributed by atoms with Gasteiger partial charge >= 0.3 is 0 Å². The summed E-state index contributed by atoms with van der Waals surface area (Å²) in [5, 5.41) is 4.17. The van der Waals surface area contributed by atoms with E-state index < -0.39 is 0 Å². The zero-order valence-electron chi connectivity index (χ0n) is 14.7. The molecule has 0 spiro atoms. The number of carbonyl (C=O) groups is 1. The number of nitrogens with zero attached hydrogens (tertiary/aromatic N) is 5. The quantitative estimate of drug-likeness (QED) is 0.764. The van der Waals surface area contributed by atoms with E-state index >= 15 is 0 Å². The van der Waals surface area contributed by atoms with Crippen LogP contribution in [0.4, 0.5) is 0 Å². The molecule has 1 atom stereocenters. The molecule has 0 radical (unpaired) electrons. The topological polar surface area (TPSA) is 73.1 Å². The lowest BCUT2D eigenvalue weighted by Crippen LogP contribution is -2.48. The third-order valence-corrected chi connectivity index (χ3v) is 4.58. The van der Waals surface area contributed by atoms with Crippen molar-refractivity contribution in [1.29, 1.82) is 0 Å². The number of hydrogen-bond acceptors (Lipinski definition) is 5. The monoisotopic (exact) mass is 343 g/mol. The van der Waals surface area contributed by atoms with Gasteiger partial charge in [-0.15, -0.1) is 0 Å². The van der Waals surface area contributed by atoms with Gasteiger partial charge < -0.3 is 9.64 Å². The molecular weight excluding hydrogens is 318 g/mol. The maximum atomic E-state index is 12.6. The number of ether oxygens (including phenoxy) is 1. The van der Waals surface area contributed by atoms with Crippen molar-refractivity contribution in [2.75, 3.05) is 19.8 Å². The molecule has 2 aromatic heterocycles. The molecule has 0 saturated carbocycles. The van der Waals surface area contributed by atoms with Crippen LogP contribution in [0.2, 0.25) is 0 Å². The molecule has 7 nitrogen and oxygen atoms in total. The molecule has 1 aliphatic rings. The minimum Gasteiger partial charge on any atom is -0.377 e. The largest absolute Gasteiger partial charge is 0.377 e. The van der Waals surface area contributed by atoms with E-state index in [1.165, 1.54) is 0 Å². The van der Waals surface area contributed by atoms with Crippen molar-refractivity contribution in [3.8, 4) is 0 Å². The fourth-order valence-corrected chi connectivity index (χ4v) is 3.18. The van der Waals surface area contributed by atoms with Crippen molar-refractivity contribution in [1.82, 2.24) is 24.6 Å². The summed E-state index contributed by atoms with van der Waals surface area (Å²) < 4.78 is 7.46. The van der Waals surface area contributed by atoms with E-state index in [1.54, 1.807) is 18.6 Å². The van der Waals surface area contributed by atoms with Crippen LogP contribution in [0.3, 0.4) is 0 Å². The molecule has 0 aromatic carbocycles. The SMILES string of the molecule is Cc1nccnc1CCC1COCCN1C(=O)CCCn1cccn1. The fourth-order valence-electron chi connectivity index (χ4n) is 3.18. The second-order valence-electron chi connectivity index (χ2n) is 6.32. The second kappa shape index (κ2) is 8.71. The number of amides is 1. The molecule has 3 heterocycles. The molecule has 1 saturated heterocycles. The molecule has 1 amide bonds. The highest BCUT2D eigenvalue weighted by Gasteiger charge is 2.26. The Morgan fingerprint density at radius 3 is 3.00 bits per heavy atom. The van der Waals surface area contributed by atoms with Crippen LogP contribution in [-0.2, 0) is 22.5 Å². The first-order chi connectivity index (χ1) is 12.2. The summed E-state index contributed by atoms with van der Waals surface area (Å²) in [6.07, 6.45) is 10.1. The van der Waals surface area contributed by atoms with Gasteiger partial charge in [-0.2, -0.15) is 5.10 Å². The summed E-state index contributed by atoms with van der Waals surface area (Å²) in [5.74, 6) is 0.205. The first kappa shape index (κ1) is 17.5. The van der Waals surface area contributed by atoms with Crippen molar-refractivity contribution >= 4 is 5.91 Å². The van der Waals surface area contributed by atoms with E-state index in [0.29, 0.717) is 26.2 Å². The van der Waals surface area contributed by atoms with E-state index in [1.807, 2.05) is 28.8 Å². The van der Waals surface area contributed by atoms with Crippen LogP contribution in [0.15, 0.2) is 30.9 Å². The minimum atomic E-state index is 0.118. The van der Waals surface area contributed by atoms with Gasteiger partial charge in [-0.25, -0.2) is 0 Å². The Labute approximate surface area is 148 Å². The zero-order valence-corrected chi connectivity index (χ0v) is 14.7. The van der Waals surface area contributed by atoms with Gasteiger partial charge in [-0.1, -0.05) is 0 Å². The smallest absolute Gasteiger partial charge is 0.223 e. The summed E-state index contributed by atoms with van der Waals surface area (Å²) in [7, 11) is 0. The van der Waals surface area contributed by atoms with Gasteiger partial charge in [0.05, 0.1) is 30.6 Å². The lowest BCUT2D eigenvalue weighted by molar-refractivity contribution is -0.140. The lowest BCUT2D eigenvalue weighted by Gasteiger charge is -2.36. The van der Waals surface area contributed by atoms with Gasteiger partial charge in [-0.05, 0) is 32.3 Å². The van der Waals surface area contributed by atoms with Gasteiger partial charge in [0.15, 0.2) is 0 Å². The van der Waals surface area contributed by atoms with Gasteiger partial charge in [0.1, 0.15) is 0 Å². The number of hydrogen-bond donors (Lipinski definition) is 0. The van der Waals surface area contributed by atoms with Crippen LogP contribution in [0.1, 0.15) is 30.7 Å². The maximum absolute atomic E-state index is 12.6. The molecule has 1 aliphatic heterocycles. The molecule has 134 valence electrons. The van der Waals surface area contributed by atoms with Gasteiger partial charge in [0, 0.05) is 44.3 Å². The molecule has 25 heavy (non-hydrogen) atoms. The summed E-state index contributed by atoms with van der Waals surface area (Å²) in [5.41, 5.74) is 1.95. The van der Waals surface area contributed by atoms with Crippen molar-refractivity contribution in [3.05, 3.63) is 42.2 Å². The molecule has 0 bridgehead atoms. The molecule has 1 unspecified atom stereocenters. The minimum absolute atomic E-state index is 0.118. The molecule has 3 rings (SSSR count). The van der Waals surface area contributed by atoms with Crippen molar-refractivity contribution < 1.29 is 9.53 Å². The molecule has 0 aliphatic carbocycles. The van der Waals surface area contributed by atoms with Crippen LogP contribution in [0.5, 0.6) is 0 Å². The third kappa shape index (κ3) is 4.85. The van der Waals surface area contributed by atoms with Crippen molar-refractivity contribution in [3.63, 3.8) is 0 Å².